The first-order chi connectivity index (χ1) is 11.9. The van der Waals surface area contributed by atoms with Crippen LogP contribution in [-0.2, 0) is 11.2 Å². The Morgan fingerprint density at radius 1 is 1.24 bits per heavy atom. The molecule has 3 aromatic rings. The van der Waals surface area contributed by atoms with Crippen LogP contribution >= 0.6 is 22.9 Å². The number of aromatic nitrogens is 1. The van der Waals surface area contributed by atoms with Gasteiger partial charge in [-0.3, -0.25) is 9.59 Å². The first-order valence-corrected chi connectivity index (χ1v) is 8.97. The number of nitrogens with zero attached hydrogens (tertiary/aromatic N) is 1. The van der Waals surface area contributed by atoms with Gasteiger partial charge >= 0.3 is 0 Å². The lowest BCUT2D eigenvalue weighted by atomic mass is 10.0. The maximum absolute atomic E-state index is 12.6. The van der Waals surface area contributed by atoms with Crippen LogP contribution in [0.3, 0.4) is 0 Å². The molecule has 0 saturated heterocycles. The van der Waals surface area contributed by atoms with Crippen LogP contribution in [0.25, 0.3) is 10.2 Å². The van der Waals surface area contributed by atoms with Crippen molar-refractivity contribution in [3.05, 3.63) is 58.1 Å². The molecule has 2 N–H and O–H groups in total. The Hall–Kier alpha value is -2.31. The van der Waals surface area contributed by atoms with Crippen molar-refractivity contribution in [2.75, 3.05) is 14.1 Å². The number of fused-ring (bicyclic) bond motifs is 1. The van der Waals surface area contributed by atoms with Gasteiger partial charge in [0.2, 0.25) is 5.91 Å². The number of thiophene rings is 1. The molecule has 2 heterocycles. The van der Waals surface area contributed by atoms with Gasteiger partial charge < -0.3 is 15.2 Å². The van der Waals surface area contributed by atoms with Crippen molar-refractivity contribution in [2.45, 2.75) is 12.5 Å². The van der Waals surface area contributed by atoms with E-state index in [1.54, 1.807) is 26.2 Å². The summed E-state index contributed by atoms with van der Waals surface area (Å²) in [7, 11) is 3.36. The standard InChI is InChI=1S/C18H18ClN3O2S/c1-22(2)18(24)14(8-11-6-4-3-5-7-11)20-16(23)13-9-12-10-15(19)25-17(12)21-13/h3-7,9-10,14,21H,8H2,1-2H3,(H,20,23)/t14-/m1/s1. The average Bonchev–Trinajstić information content (AvgIpc) is 3.11. The Bertz CT molecular complexity index is 870. The fourth-order valence-corrected chi connectivity index (χ4v) is 3.74. The second-order valence-electron chi connectivity index (χ2n) is 5.97. The molecule has 5 nitrogen and oxygen atoms in total. The molecule has 130 valence electrons. The molecule has 2 aromatic heterocycles. The lowest BCUT2D eigenvalue weighted by molar-refractivity contribution is -0.130. The number of carbonyl (C=O) groups is 2. The predicted molar refractivity (Wildman–Crippen MR) is 101 cm³/mol. The van der Waals surface area contributed by atoms with Crippen LogP contribution in [-0.4, -0.2) is 41.8 Å². The largest absolute Gasteiger partial charge is 0.347 e. The molecule has 1 aromatic carbocycles. The van der Waals surface area contributed by atoms with Crippen LogP contribution in [0.4, 0.5) is 0 Å². The van der Waals surface area contributed by atoms with Gasteiger partial charge in [-0.05, 0) is 17.7 Å². The highest BCUT2D eigenvalue weighted by Crippen LogP contribution is 2.29. The van der Waals surface area contributed by atoms with Gasteiger partial charge in [-0.15, -0.1) is 11.3 Å². The Morgan fingerprint density at radius 3 is 2.60 bits per heavy atom. The number of hydrogen-bond donors (Lipinski definition) is 2. The highest BCUT2D eigenvalue weighted by atomic mass is 35.5. The number of amides is 2. The molecule has 3 rings (SSSR count). The molecule has 2 amide bonds. The minimum atomic E-state index is -0.630. The summed E-state index contributed by atoms with van der Waals surface area (Å²) in [5.41, 5.74) is 1.41. The smallest absolute Gasteiger partial charge is 0.268 e. The van der Waals surface area contributed by atoms with Crippen molar-refractivity contribution in [2.24, 2.45) is 0 Å². The monoisotopic (exact) mass is 375 g/mol. The molecular formula is C18H18ClN3O2S. The zero-order valence-corrected chi connectivity index (χ0v) is 15.4. The van der Waals surface area contributed by atoms with Gasteiger partial charge in [-0.1, -0.05) is 41.9 Å². The summed E-state index contributed by atoms with van der Waals surface area (Å²) >= 11 is 7.33. The molecular weight excluding hydrogens is 358 g/mol. The van der Waals surface area contributed by atoms with E-state index >= 15 is 0 Å². The molecule has 0 bridgehead atoms. The number of hydrogen-bond acceptors (Lipinski definition) is 3. The number of aromatic amines is 1. The maximum Gasteiger partial charge on any atom is 0.268 e. The van der Waals surface area contributed by atoms with Crippen LogP contribution in [0, 0.1) is 0 Å². The van der Waals surface area contributed by atoms with E-state index in [9.17, 15) is 9.59 Å². The first kappa shape index (κ1) is 17.5. The third-order valence-electron chi connectivity index (χ3n) is 3.85. The Morgan fingerprint density at radius 2 is 1.96 bits per heavy atom. The number of halogens is 1. The normalized spacial score (nSPS) is 12.1. The molecule has 0 radical (unpaired) electrons. The Balaban J connectivity index is 1.79. The molecule has 25 heavy (non-hydrogen) atoms. The van der Waals surface area contributed by atoms with Crippen LogP contribution in [0.2, 0.25) is 4.34 Å². The number of carbonyl (C=O) groups excluding carboxylic acids is 2. The predicted octanol–water partition coefficient (Wildman–Crippen LogP) is 3.31. The molecule has 0 aliphatic rings. The minimum absolute atomic E-state index is 0.145. The van der Waals surface area contributed by atoms with Crippen molar-refractivity contribution in [3.8, 4) is 0 Å². The minimum Gasteiger partial charge on any atom is -0.347 e. The van der Waals surface area contributed by atoms with Gasteiger partial charge in [0.25, 0.3) is 5.91 Å². The molecule has 0 unspecified atom stereocenters. The fraction of sp³-hybridized carbons (Fsp3) is 0.222. The summed E-state index contributed by atoms with van der Waals surface area (Å²) in [6.45, 7) is 0. The zero-order valence-electron chi connectivity index (χ0n) is 13.9. The van der Waals surface area contributed by atoms with Crippen LogP contribution in [0.1, 0.15) is 16.1 Å². The summed E-state index contributed by atoms with van der Waals surface area (Å²) in [6, 6.07) is 12.5. The summed E-state index contributed by atoms with van der Waals surface area (Å²) in [6.07, 6.45) is 0.435. The van der Waals surface area contributed by atoms with Gasteiger partial charge in [0.15, 0.2) is 0 Å². The van der Waals surface area contributed by atoms with Gasteiger partial charge in [-0.2, -0.15) is 0 Å². The Kier molecular flexibility index (Phi) is 5.11. The molecule has 0 aliphatic heterocycles. The molecule has 1 atom stereocenters. The number of likely N-dealkylation sites (N-methyl/N-ethyl adjacent to an activating group) is 1. The van der Waals surface area contributed by atoms with Gasteiger partial charge in [0.1, 0.15) is 16.6 Å². The summed E-state index contributed by atoms with van der Waals surface area (Å²) in [5, 5.41) is 3.73. The van der Waals surface area contributed by atoms with Crippen LogP contribution in [0.5, 0.6) is 0 Å². The maximum atomic E-state index is 12.6. The van der Waals surface area contributed by atoms with Gasteiger partial charge in [0, 0.05) is 25.9 Å². The van der Waals surface area contributed by atoms with E-state index in [1.165, 1.54) is 16.2 Å². The van der Waals surface area contributed by atoms with Gasteiger partial charge in [0.05, 0.1) is 4.34 Å². The SMILES string of the molecule is CN(C)C(=O)[C@@H](Cc1ccccc1)NC(=O)c1cc2cc(Cl)sc2[nH]1. The molecule has 0 fully saturated rings. The number of benzene rings is 1. The van der Waals surface area contributed by atoms with E-state index in [1.807, 2.05) is 30.3 Å². The highest BCUT2D eigenvalue weighted by molar-refractivity contribution is 7.22. The molecule has 0 aliphatic carbocycles. The third-order valence-corrected chi connectivity index (χ3v) is 5.05. The number of H-pyrrole nitrogens is 1. The van der Waals surface area contributed by atoms with Crippen LogP contribution in [0.15, 0.2) is 42.5 Å². The number of nitrogens with one attached hydrogen (secondary N) is 2. The number of rotatable bonds is 5. The summed E-state index contributed by atoms with van der Waals surface area (Å²) in [4.78, 5) is 30.4. The topological polar surface area (TPSA) is 65.2 Å². The van der Waals surface area contributed by atoms with Crippen molar-refractivity contribution in [1.29, 1.82) is 0 Å². The molecule has 0 saturated carbocycles. The fourth-order valence-electron chi connectivity index (χ4n) is 2.61. The second kappa shape index (κ2) is 7.29. The molecule has 7 heteroatoms. The lowest BCUT2D eigenvalue weighted by Gasteiger charge is -2.21. The molecule has 0 spiro atoms. The quantitative estimate of drug-likeness (QED) is 0.718. The van der Waals surface area contributed by atoms with Crippen molar-refractivity contribution < 1.29 is 9.59 Å². The Labute approximate surface area is 154 Å². The van der Waals surface area contributed by atoms with Gasteiger partial charge in [-0.25, -0.2) is 0 Å². The third kappa shape index (κ3) is 4.03. The van der Waals surface area contributed by atoms with Crippen molar-refractivity contribution >= 4 is 45.0 Å². The van der Waals surface area contributed by atoms with E-state index in [-0.39, 0.29) is 11.8 Å². The summed E-state index contributed by atoms with van der Waals surface area (Å²) < 4.78 is 0.665. The van der Waals surface area contributed by atoms with Crippen molar-refractivity contribution in [3.63, 3.8) is 0 Å². The highest BCUT2D eigenvalue weighted by Gasteiger charge is 2.24. The first-order valence-electron chi connectivity index (χ1n) is 7.78. The van der Waals surface area contributed by atoms with E-state index in [0.29, 0.717) is 16.5 Å². The lowest BCUT2D eigenvalue weighted by Crippen LogP contribution is -2.47. The van der Waals surface area contributed by atoms with E-state index < -0.39 is 6.04 Å². The zero-order chi connectivity index (χ0) is 18.0. The summed E-state index contributed by atoms with van der Waals surface area (Å²) in [5.74, 6) is -0.454. The second-order valence-corrected chi connectivity index (χ2v) is 7.65. The van der Waals surface area contributed by atoms with Crippen LogP contribution < -0.4 is 5.32 Å². The van der Waals surface area contributed by atoms with Crippen molar-refractivity contribution in [1.82, 2.24) is 15.2 Å². The average molecular weight is 376 g/mol. The van der Waals surface area contributed by atoms with E-state index in [2.05, 4.69) is 10.3 Å². The van der Waals surface area contributed by atoms with E-state index in [4.69, 9.17) is 11.6 Å². The van der Waals surface area contributed by atoms with E-state index in [0.717, 1.165) is 15.8 Å².